The Morgan fingerprint density at radius 1 is 1.25 bits per heavy atom. The number of rotatable bonds is 3. The third-order valence-corrected chi connectivity index (χ3v) is 3.87. The van der Waals surface area contributed by atoms with Crippen LogP contribution in [0.5, 0.6) is 0 Å². The SMILES string of the molecule is CNC(=O)Nc1cc(C)ccc1N1CCC(NC)CC1. The molecule has 0 spiro atoms. The van der Waals surface area contributed by atoms with Crippen LogP contribution < -0.4 is 20.9 Å². The van der Waals surface area contributed by atoms with Gasteiger partial charge in [-0.05, 0) is 44.5 Å². The second-order valence-electron chi connectivity index (χ2n) is 5.27. The van der Waals surface area contributed by atoms with Crippen molar-refractivity contribution in [2.45, 2.75) is 25.8 Å². The molecule has 0 bridgehead atoms. The molecule has 1 aliphatic rings. The highest BCUT2D eigenvalue weighted by Gasteiger charge is 2.20. The summed E-state index contributed by atoms with van der Waals surface area (Å²) in [6.45, 7) is 4.06. The highest BCUT2D eigenvalue weighted by Crippen LogP contribution is 2.29. The Morgan fingerprint density at radius 2 is 1.95 bits per heavy atom. The molecule has 2 rings (SSSR count). The van der Waals surface area contributed by atoms with E-state index in [1.54, 1.807) is 7.05 Å². The maximum absolute atomic E-state index is 11.6. The summed E-state index contributed by atoms with van der Waals surface area (Å²) in [6, 6.07) is 6.64. The lowest BCUT2D eigenvalue weighted by Crippen LogP contribution is -2.41. The number of urea groups is 1. The Hall–Kier alpha value is -1.75. The van der Waals surface area contributed by atoms with Gasteiger partial charge in [0, 0.05) is 26.2 Å². The van der Waals surface area contributed by atoms with Crippen LogP contribution in [-0.4, -0.2) is 39.3 Å². The molecule has 0 saturated carbocycles. The van der Waals surface area contributed by atoms with Crippen molar-refractivity contribution in [3.05, 3.63) is 23.8 Å². The van der Waals surface area contributed by atoms with Crippen LogP contribution in [0.1, 0.15) is 18.4 Å². The van der Waals surface area contributed by atoms with E-state index in [9.17, 15) is 4.79 Å². The fraction of sp³-hybridized carbons (Fsp3) is 0.533. The molecule has 0 radical (unpaired) electrons. The molecule has 1 fully saturated rings. The van der Waals surface area contributed by atoms with Gasteiger partial charge in [0.25, 0.3) is 0 Å². The van der Waals surface area contributed by atoms with Gasteiger partial charge in [0.05, 0.1) is 11.4 Å². The van der Waals surface area contributed by atoms with Crippen molar-refractivity contribution in [3.8, 4) is 0 Å². The molecular weight excluding hydrogens is 252 g/mol. The van der Waals surface area contributed by atoms with E-state index in [2.05, 4.69) is 33.0 Å². The zero-order valence-electron chi connectivity index (χ0n) is 12.5. The van der Waals surface area contributed by atoms with Crippen LogP contribution in [0, 0.1) is 6.92 Å². The first-order valence-electron chi connectivity index (χ1n) is 7.15. The van der Waals surface area contributed by atoms with Crippen LogP contribution >= 0.6 is 0 Å². The average molecular weight is 276 g/mol. The second-order valence-corrected chi connectivity index (χ2v) is 5.27. The van der Waals surface area contributed by atoms with E-state index in [1.165, 1.54) is 0 Å². The van der Waals surface area contributed by atoms with Gasteiger partial charge in [-0.2, -0.15) is 0 Å². The summed E-state index contributed by atoms with van der Waals surface area (Å²) in [7, 11) is 3.65. The van der Waals surface area contributed by atoms with Crippen LogP contribution in [-0.2, 0) is 0 Å². The van der Waals surface area contributed by atoms with Crippen LogP contribution in [0.4, 0.5) is 16.2 Å². The maximum atomic E-state index is 11.6. The highest BCUT2D eigenvalue weighted by atomic mass is 16.2. The van der Waals surface area contributed by atoms with Gasteiger partial charge in [-0.15, -0.1) is 0 Å². The van der Waals surface area contributed by atoms with Gasteiger partial charge < -0.3 is 20.9 Å². The molecule has 1 aliphatic heterocycles. The van der Waals surface area contributed by atoms with E-state index in [1.807, 2.05) is 20.0 Å². The van der Waals surface area contributed by atoms with Gasteiger partial charge in [-0.1, -0.05) is 6.07 Å². The minimum absolute atomic E-state index is 0.179. The number of aryl methyl sites for hydroxylation is 1. The summed E-state index contributed by atoms with van der Waals surface area (Å²) < 4.78 is 0. The number of piperidine rings is 1. The van der Waals surface area contributed by atoms with Crippen molar-refractivity contribution in [3.63, 3.8) is 0 Å². The summed E-state index contributed by atoms with van der Waals surface area (Å²) >= 11 is 0. The van der Waals surface area contributed by atoms with Crippen molar-refractivity contribution >= 4 is 17.4 Å². The molecule has 110 valence electrons. The van der Waals surface area contributed by atoms with E-state index >= 15 is 0 Å². The molecule has 5 nitrogen and oxygen atoms in total. The van der Waals surface area contributed by atoms with E-state index in [-0.39, 0.29) is 6.03 Å². The molecule has 20 heavy (non-hydrogen) atoms. The summed E-state index contributed by atoms with van der Waals surface area (Å²) in [5.41, 5.74) is 3.13. The molecule has 5 heteroatoms. The first kappa shape index (κ1) is 14.7. The van der Waals surface area contributed by atoms with Gasteiger partial charge in [-0.3, -0.25) is 0 Å². The third-order valence-electron chi connectivity index (χ3n) is 3.87. The van der Waals surface area contributed by atoms with Gasteiger partial charge in [0.2, 0.25) is 0 Å². The Morgan fingerprint density at radius 3 is 2.55 bits per heavy atom. The largest absolute Gasteiger partial charge is 0.370 e. The smallest absolute Gasteiger partial charge is 0.319 e. The van der Waals surface area contributed by atoms with Gasteiger partial charge in [-0.25, -0.2) is 4.79 Å². The quantitative estimate of drug-likeness (QED) is 0.791. The van der Waals surface area contributed by atoms with Crippen LogP contribution in [0.3, 0.4) is 0 Å². The lowest BCUT2D eigenvalue weighted by molar-refractivity contribution is 0.254. The first-order chi connectivity index (χ1) is 9.63. The Kier molecular flexibility index (Phi) is 4.84. The molecule has 0 aliphatic carbocycles. The number of hydrogen-bond donors (Lipinski definition) is 3. The molecule has 1 aromatic carbocycles. The minimum atomic E-state index is -0.179. The number of anilines is 2. The lowest BCUT2D eigenvalue weighted by Gasteiger charge is -2.34. The number of nitrogens with one attached hydrogen (secondary N) is 3. The summed E-state index contributed by atoms with van der Waals surface area (Å²) in [5, 5.41) is 8.85. The zero-order chi connectivity index (χ0) is 14.5. The average Bonchev–Trinajstić information content (AvgIpc) is 2.47. The predicted molar refractivity (Wildman–Crippen MR) is 83.6 cm³/mol. The molecule has 1 aromatic rings. The minimum Gasteiger partial charge on any atom is -0.370 e. The van der Waals surface area contributed by atoms with Gasteiger partial charge in [0.1, 0.15) is 0 Å². The second kappa shape index (κ2) is 6.61. The van der Waals surface area contributed by atoms with Gasteiger partial charge in [0.15, 0.2) is 0 Å². The molecule has 3 N–H and O–H groups in total. The van der Waals surface area contributed by atoms with Crippen molar-refractivity contribution in [1.29, 1.82) is 0 Å². The molecular formula is C15H24N4O. The number of benzene rings is 1. The monoisotopic (exact) mass is 276 g/mol. The fourth-order valence-electron chi connectivity index (χ4n) is 2.62. The molecule has 0 unspecified atom stereocenters. The number of carbonyl (C=O) groups is 1. The van der Waals surface area contributed by atoms with Crippen molar-refractivity contribution in [2.24, 2.45) is 0 Å². The molecule has 1 heterocycles. The fourth-order valence-corrected chi connectivity index (χ4v) is 2.62. The van der Waals surface area contributed by atoms with Gasteiger partial charge >= 0.3 is 6.03 Å². The van der Waals surface area contributed by atoms with Crippen molar-refractivity contribution in [1.82, 2.24) is 10.6 Å². The third kappa shape index (κ3) is 3.42. The number of hydrogen-bond acceptors (Lipinski definition) is 3. The van der Waals surface area contributed by atoms with E-state index in [4.69, 9.17) is 0 Å². The van der Waals surface area contributed by atoms with Crippen LogP contribution in [0.25, 0.3) is 0 Å². The highest BCUT2D eigenvalue weighted by molar-refractivity contribution is 5.93. The normalized spacial score (nSPS) is 16.1. The summed E-state index contributed by atoms with van der Waals surface area (Å²) in [6.07, 6.45) is 2.26. The Bertz CT molecular complexity index is 467. The molecule has 0 aromatic heterocycles. The van der Waals surface area contributed by atoms with Crippen molar-refractivity contribution in [2.75, 3.05) is 37.4 Å². The summed E-state index contributed by atoms with van der Waals surface area (Å²) in [5.74, 6) is 0. The maximum Gasteiger partial charge on any atom is 0.319 e. The number of nitrogens with zero attached hydrogens (tertiary/aromatic N) is 1. The Labute approximate surface area is 120 Å². The summed E-state index contributed by atoms with van der Waals surface area (Å²) in [4.78, 5) is 13.9. The molecule has 1 saturated heterocycles. The lowest BCUT2D eigenvalue weighted by atomic mass is 10.0. The first-order valence-corrected chi connectivity index (χ1v) is 7.15. The van der Waals surface area contributed by atoms with Crippen LogP contribution in [0.2, 0.25) is 0 Å². The number of carbonyl (C=O) groups excluding carboxylic acids is 1. The van der Waals surface area contributed by atoms with E-state index in [0.29, 0.717) is 6.04 Å². The Balaban J connectivity index is 2.16. The van der Waals surface area contributed by atoms with E-state index in [0.717, 1.165) is 42.9 Å². The predicted octanol–water partition coefficient (Wildman–Crippen LogP) is 1.93. The zero-order valence-corrected chi connectivity index (χ0v) is 12.5. The standard InChI is InChI=1S/C15H24N4O/c1-11-4-5-14(13(10-11)18-15(20)17-3)19-8-6-12(16-2)7-9-19/h4-5,10,12,16H,6-9H2,1-3H3,(H2,17,18,20). The topological polar surface area (TPSA) is 56.4 Å². The van der Waals surface area contributed by atoms with Crippen molar-refractivity contribution < 1.29 is 4.79 Å². The molecule has 2 amide bonds. The van der Waals surface area contributed by atoms with E-state index < -0.39 is 0 Å². The van der Waals surface area contributed by atoms with Crippen LogP contribution in [0.15, 0.2) is 18.2 Å². The number of amides is 2. The molecule has 0 atom stereocenters.